The maximum absolute atomic E-state index is 13.8. The second kappa shape index (κ2) is 9.67. The Balaban J connectivity index is 1.39. The number of aryl methyl sites for hydroxylation is 2. The number of nitrogens with one attached hydrogen (secondary N) is 2. The third-order valence-corrected chi connectivity index (χ3v) is 6.34. The van der Waals surface area contributed by atoms with Crippen molar-refractivity contribution in [1.82, 2.24) is 20.2 Å². The van der Waals surface area contributed by atoms with Gasteiger partial charge in [0.2, 0.25) is 5.95 Å². The zero-order valence-corrected chi connectivity index (χ0v) is 20.8. The zero-order valence-electron chi connectivity index (χ0n) is 20.8. The number of benzene rings is 4. The van der Waals surface area contributed by atoms with Crippen LogP contribution in [0.3, 0.4) is 0 Å². The fourth-order valence-corrected chi connectivity index (χ4v) is 4.42. The second-order valence-electron chi connectivity index (χ2n) is 8.99. The number of para-hydroxylation sites is 1. The Morgan fingerprint density at radius 3 is 2.53 bits per heavy atom. The van der Waals surface area contributed by atoms with E-state index in [1.807, 2.05) is 92.7 Å². The summed E-state index contributed by atoms with van der Waals surface area (Å²) in [6.07, 6.45) is 2.80. The van der Waals surface area contributed by atoms with E-state index in [2.05, 4.69) is 25.5 Å². The zero-order chi connectivity index (χ0) is 26.1. The fraction of sp³-hybridized carbons (Fsp3) is 0.0667. The Morgan fingerprint density at radius 2 is 1.68 bits per heavy atom. The quantitative estimate of drug-likeness (QED) is 0.260. The molecule has 2 aromatic heterocycles. The van der Waals surface area contributed by atoms with Crippen molar-refractivity contribution in [2.45, 2.75) is 13.8 Å². The van der Waals surface area contributed by atoms with Crippen LogP contribution in [0.1, 0.15) is 11.1 Å². The lowest BCUT2D eigenvalue weighted by molar-refractivity contribution is 0.209. The Kier molecular flexibility index (Phi) is 5.89. The first-order valence-electron chi connectivity index (χ1n) is 12.2. The van der Waals surface area contributed by atoms with Gasteiger partial charge in [0, 0.05) is 23.3 Å². The highest BCUT2D eigenvalue weighted by atomic mass is 16.6. The molecule has 0 atom stereocenters. The van der Waals surface area contributed by atoms with Crippen LogP contribution in [0.25, 0.3) is 21.7 Å². The molecule has 6 aromatic rings. The predicted molar refractivity (Wildman–Crippen MR) is 149 cm³/mol. The summed E-state index contributed by atoms with van der Waals surface area (Å²) in [7, 11) is 0. The highest BCUT2D eigenvalue weighted by Crippen LogP contribution is 2.31. The summed E-state index contributed by atoms with van der Waals surface area (Å²) in [5, 5.41) is 13.3. The Labute approximate surface area is 218 Å². The lowest BCUT2D eigenvalue weighted by Crippen LogP contribution is -2.30. The number of aromatic amines is 1. The number of ether oxygens (including phenoxy) is 1. The van der Waals surface area contributed by atoms with Crippen LogP contribution in [-0.2, 0) is 0 Å². The third-order valence-electron chi connectivity index (χ3n) is 6.34. The second-order valence-corrected chi connectivity index (χ2v) is 8.99. The molecule has 186 valence electrons. The van der Waals surface area contributed by atoms with Gasteiger partial charge in [0.1, 0.15) is 11.6 Å². The summed E-state index contributed by atoms with van der Waals surface area (Å²) in [5.41, 5.74) is 4.10. The third kappa shape index (κ3) is 4.51. The molecule has 2 heterocycles. The summed E-state index contributed by atoms with van der Waals surface area (Å²) < 4.78 is 5.95. The van der Waals surface area contributed by atoms with E-state index < -0.39 is 6.09 Å². The number of hydrogen-bond donors (Lipinski definition) is 2. The predicted octanol–water partition coefficient (Wildman–Crippen LogP) is 7.20. The summed E-state index contributed by atoms with van der Waals surface area (Å²) in [4.78, 5) is 24.3. The first kappa shape index (κ1) is 23.2. The molecule has 8 heteroatoms. The standard InChI is InChI=1S/C30H24N6O2/c1-19-6-5-7-20(2)28(19)38-30(37)36(25-12-10-21-8-3-4-9-22(21)17-25)27-14-15-31-29(34-27)33-24-11-13-26-23(16-24)18-32-35-26/h3-18H,1-2H3,(H,32,35)(H,31,33,34). The van der Waals surface area contributed by atoms with Gasteiger partial charge in [-0.15, -0.1) is 0 Å². The molecule has 6 rings (SSSR count). The van der Waals surface area contributed by atoms with Crippen molar-refractivity contribution in [2.75, 3.05) is 10.2 Å². The SMILES string of the molecule is Cc1cccc(C)c1OC(=O)N(c1ccc2ccccc2c1)c1ccnc(Nc2ccc3[nH]ncc3c2)n1. The van der Waals surface area contributed by atoms with E-state index in [9.17, 15) is 4.79 Å². The van der Waals surface area contributed by atoms with Crippen molar-refractivity contribution < 1.29 is 9.53 Å². The summed E-state index contributed by atoms with van der Waals surface area (Å²) in [5.74, 6) is 1.25. The minimum absolute atomic E-state index is 0.344. The normalized spacial score (nSPS) is 11.0. The number of nitrogens with zero attached hydrogens (tertiary/aromatic N) is 4. The Hall–Kier alpha value is -5.24. The molecule has 2 N–H and O–H groups in total. The number of rotatable bonds is 5. The summed E-state index contributed by atoms with van der Waals surface area (Å²) in [6.45, 7) is 3.83. The van der Waals surface area contributed by atoms with Crippen LogP contribution in [0.4, 0.5) is 27.9 Å². The van der Waals surface area contributed by atoms with Crippen molar-refractivity contribution in [1.29, 1.82) is 0 Å². The van der Waals surface area contributed by atoms with Crippen LogP contribution in [0.2, 0.25) is 0 Å². The first-order chi connectivity index (χ1) is 18.5. The minimum Gasteiger partial charge on any atom is -0.409 e. The van der Waals surface area contributed by atoms with Crippen molar-refractivity contribution in [3.05, 3.63) is 108 Å². The lowest BCUT2D eigenvalue weighted by atomic mass is 10.1. The monoisotopic (exact) mass is 500 g/mol. The molecule has 0 saturated heterocycles. The van der Waals surface area contributed by atoms with Crippen molar-refractivity contribution in [3.8, 4) is 5.75 Å². The number of aromatic nitrogens is 4. The van der Waals surface area contributed by atoms with E-state index in [0.29, 0.717) is 23.2 Å². The van der Waals surface area contributed by atoms with E-state index in [0.717, 1.165) is 38.5 Å². The first-order valence-corrected chi connectivity index (χ1v) is 12.2. The van der Waals surface area contributed by atoms with Crippen LogP contribution in [-0.4, -0.2) is 26.3 Å². The maximum Gasteiger partial charge on any atom is 0.425 e. The van der Waals surface area contributed by atoms with E-state index >= 15 is 0 Å². The van der Waals surface area contributed by atoms with Crippen LogP contribution in [0.15, 0.2) is 97.3 Å². The fourth-order valence-electron chi connectivity index (χ4n) is 4.42. The van der Waals surface area contributed by atoms with Crippen molar-refractivity contribution >= 4 is 50.9 Å². The van der Waals surface area contributed by atoms with Gasteiger partial charge in [-0.3, -0.25) is 5.10 Å². The number of carbonyl (C=O) groups is 1. The highest BCUT2D eigenvalue weighted by molar-refractivity contribution is 5.99. The van der Waals surface area contributed by atoms with Crippen molar-refractivity contribution in [3.63, 3.8) is 0 Å². The molecule has 8 nitrogen and oxygen atoms in total. The smallest absolute Gasteiger partial charge is 0.409 e. The van der Waals surface area contributed by atoms with Gasteiger partial charge >= 0.3 is 6.09 Å². The van der Waals surface area contributed by atoms with E-state index in [1.54, 1.807) is 18.5 Å². The molecule has 0 bridgehead atoms. The van der Waals surface area contributed by atoms with Gasteiger partial charge in [0.05, 0.1) is 17.4 Å². The number of anilines is 4. The molecule has 0 aliphatic rings. The molecule has 1 amide bonds. The van der Waals surface area contributed by atoms with Crippen LogP contribution < -0.4 is 15.0 Å². The van der Waals surface area contributed by atoms with E-state index in [-0.39, 0.29) is 0 Å². The van der Waals surface area contributed by atoms with Gasteiger partial charge in [-0.1, -0.05) is 48.5 Å². The molecular weight excluding hydrogens is 476 g/mol. The van der Waals surface area contributed by atoms with Gasteiger partial charge in [-0.2, -0.15) is 10.1 Å². The number of H-pyrrole nitrogens is 1. The van der Waals surface area contributed by atoms with Gasteiger partial charge in [0.15, 0.2) is 0 Å². The van der Waals surface area contributed by atoms with Gasteiger partial charge in [-0.25, -0.2) is 14.7 Å². The number of carbonyl (C=O) groups excluding carboxylic acids is 1. The van der Waals surface area contributed by atoms with Gasteiger partial charge < -0.3 is 10.1 Å². The van der Waals surface area contributed by atoms with Crippen LogP contribution >= 0.6 is 0 Å². The minimum atomic E-state index is -0.567. The average Bonchev–Trinajstić information content (AvgIpc) is 3.39. The molecule has 0 spiro atoms. The molecule has 0 radical (unpaired) electrons. The van der Waals surface area contributed by atoms with Crippen LogP contribution in [0, 0.1) is 13.8 Å². The Morgan fingerprint density at radius 1 is 0.868 bits per heavy atom. The topological polar surface area (TPSA) is 96.0 Å². The molecular formula is C30H24N6O2. The molecule has 0 aliphatic heterocycles. The molecule has 4 aromatic carbocycles. The van der Waals surface area contributed by atoms with Crippen molar-refractivity contribution in [2.24, 2.45) is 0 Å². The largest absolute Gasteiger partial charge is 0.425 e. The van der Waals surface area contributed by atoms with Crippen LogP contribution in [0.5, 0.6) is 5.75 Å². The summed E-state index contributed by atoms with van der Waals surface area (Å²) in [6, 6.07) is 27.0. The van der Waals surface area contributed by atoms with E-state index in [4.69, 9.17) is 4.74 Å². The maximum atomic E-state index is 13.8. The Bertz CT molecular complexity index is 1770. The molecule has 38 heavy (non-hydrogen) atoms. The molecule has 0 saturated carbocycles. The van der Waals surface area contributed by atoms with E-state index in [1.165, 1.54) is 4.90 Å². The van der Waals surface area contributed by atoms with Gasteiger partial charge in [0.25, 0.3) is 0 Å². The molecule has 0 fully saturated rings. The summed E-state index contributed by atoms with van der Waals surface area (Å²) >= 11 is 0. The highest BCUT2D eigenvalue weighted by Gasteiger charge is 2.24. The molecule has 0 unspecified atom stereocenters. The average molecular weight is 501 g/mol. The number of hydrogen-bond acceptors (Lipinski definition) is 6. The lowest BCUT2D eigenvalue weighted by Gasteiger charge is -2.23. The number of amides is 1. The van der Waals surface area contributed by atoms with Gasteiger partial charge in [-0.05, 0) is 66.1 Å². The molecule has 0 aliphatic carbocycles. The number of fused-ring (bicyclic) bond motifs is 2.